The molecule has 3 aromatic rings. The quantitative estimate of drug-likeness (QED) is 0.511. The number of H-pyrrole nitrogens is 1. The van der Waals surface area contributed by atoms with E-state index >= 15 is 0 Å². The highest BCUT2D eigenvalue weighted by Gasteiger charge is 2.51. The topological polar surface area (TPSA) is 110 Å². The van der Waals surface area contributed by atoms with Crippen molar-refractivity contribution in [1.29, 1.82) is 0 Å². The summed E-state index contributed by atoms with van der Waals surface area (Å²) >= 11 is 0. The highest BCUT2D eigenvalue weighted by Crippen LogP contribution is 2.49. The number of nitrogens with zero attached hydrogens (tertiary/aromatic N) is 3. The van der Waals surface area contributed by atoms with Crippen LogP contribution in [0.4, 0.5) is 23.4 Å². The molecule has 2 aromatic heterocycles. The highest BCUT2D eigenvalue weighted by atomic mass is 32.2. The van der Waals surface area contributed by atoms with Crippen LogP contribution in [0.3, 0.4) is 0 Å². The second kappa shape index (κ2) is 8.28. The van der Waals surface area contributed by atoms with Gasteiger partial charge in [0.05, 0.1) is 12.6 Å². The van der Waals surface area contributed by atoms with Crippen molar-refractivity contribution in [2.75, 3.05) is 4.72 Å². The Balaban J connectivity index is 1.66. The van der Waals surface area contributed by atoms with E-state index in [0.717, 1.165) is 6.33 Å². The lowest BCUT2D eigenvalue weighted by Crippen LogP contribution is -2.48. The molecule has 0 radical (unpaired) electrons. The van der Waals surface area contributed by atoms with E-state index in [1.165, 1.54) is 25.4 Å². The molecule has 8 nitrogen and oxygen atoms in total. The molecular formula is C20H19F4N5O3S. The summed E-state index contributed by atoms with van der Waals surface area (Å²) in [6.07, 6.45) is 4.30. The lowest BCUT2D eigenvalue weighted by Gasteiger charge is -2.44. The van der Waals surface area contributed by atoms with E-state index in [0.29, 0.717) is 17.7 Å². The summed E-state index contributed by atoms with van der Waals surface area (Å²) in [4.78, 5) is 6.02. The Hall–Kier alpha value is -3.22. The summed E-state index contributed by atoms with van der Waals surface area (Å²) < 4.78 is 90.7. The fourth-order valence-corrected chi connectivity index (χ4v) is 5.25. The third kappa shape index (κ3) is 4.77. The molecule has 1 aromatic carbocycles. The maximum Gasteiger partial charge on any atom is 0.268 e. The number of hydrogen-bond acceptors (Lipinski definition) is 6. The number of aromatic nitrogens is 4. The van der Waals surface area contributed by atoms with Gasteiger partial charge in [0.15, 0.2) is 4.90 Å². The number of halogens is 4. The molecule has 1 aliphatic rings. The normalized spacial score (nSPS) is 22.6. The smallest absolute Gasteiger partial charge is 0.268 e. The van der Waals surface area contributed by atoms with Crippen LogP contribution >= 0.6 is 0 Å². The van der Waals surface area contributed by atoms with Gasteiger partial charge in [-0.05, 0) is 25.0 Å². The summed E-state index contributed by atoms with van der Waals surface area (Å²) in [5.41, 5.74) is -0.924. The molecule has 0 bridgehead atoms. The Bertz CT molecular complexity index is 1220. The number of nitrogens with one attached hydrogen (secondary N) is 2. The van der Waals surface area contributed by atoms with Gasteiger partial charge in [-0.3, -0.25) is 9.82 Å². The van der Waals surface area contributed by atoms with Crippen molar-refractivity contribution in [2.45, 2.75) is 48.5 Å². The second-order valence-corrected chi connectivity index (χ2v) is 9.61. The maximum atomic E-state index is 14.8. The van der Waals surface area contributed by atoms with Gasteiger partial charge in [0.1, 0.15) is 35.1 Å². The number of ether oxygens (including phenoxy) is 1. The molecule has 2 heterocycles. The number of hydrogen-bond donors (Lipinski definition) is 2. The first-order chi connectivity index (χ1) is 15.5. The fourth-order valence-electron chi connectivity index (χ4n) is 4.13. The molecule has 13 heteroatoms. The Morgan fingerprint density at radius 1 is 1.24 bits per heavy atom. The standard InChI is InChI=1S/C20H19F4N5O3S/c1-19(10-20(23,24)4-2-14(19)12-8-27-28-9-12)32-13-6-15(21)18(16(22)7-13)33(30,31)29-17-3-5-25-11-26-17/h3,5-9,11,14H,2,4,10H2,1H3,(H,27,28)(H,25,26,29)/t14-,19-/m1/s1. The van der Waals surface area contributed by atoms with Gasteiger partial charge in [-0.25, -0.2) is 35.9 Å². The van der Waals surface area contributed by atoms with Gasteiger partial charge in [-0.2, -0.15) is 5.10 Å². The van der Waals surface area contributed by atoms with Gasteiger partial charge in [0.2, 0.25) is 0 Å². The maximum absolute atomic E-state index is 14.8. The van der Waals surface area contributed by atoms with E-state index in [2.05, 4.69) is 20.2 Å². The molecule has 33 heavy (non-hydrogen) atoms. The predicted molar refractivity (Wildman–Crippen MR) is 108 cm³/mol. The monoisotopic (exact) mass is 485 g/mol. The Morgan fingerprint density at radius 2 is 1.97 bits per heavy atom. The zero-order chi connectivity index (χ0) is 23.9. The van der Waals surface area contributed by atoms with Crippen molar-refractivity contribution in [3.63, 3.8) is 0 Å². The van der Waals surface area contributed by atoms with E-state index in [-0.39, 0.29) is 18.7 Å². The van der Waals surface area contributed by atoms with Crippen LogP contribution < -0.4 is 9.46 Å². The first kappa shape index (κ1) is 23.0. The molecule has 1 fully saturated rings. The average Bonchev–Trinajstić information content (AvgIpc) is 3.20. The first-order valence-electron chi connectivity index (χ1n) is 9.82. The number of anilines is 1. The minimum Gasteiger partial charge on any atom is -0.486 e. The Morgan fingerprint density at radius 3 is 2.58 bits per heavy atom. The molecule has 0 spiro atoms. The Labute approximate surface area is 186 Å². The van der Waals surface area contributed by atoms with Crippen molar-refractivity contribution in [2.24, 2.45) is 0 Å². The summed E-state index contributed by atoms with van der Waals surface area (Å²) in [5, 5.41) is 6.45. The van der Waals surface area contributed by atoms with Crippen LogP contribution in [-0.2, 0) is 10.0 Å². The molecule has 4 rings (SSSR count). The van der Waals surface area contributed by atoms with Gasteiger partial charge < -0.3 is 4.74 Å². The van der Waals surface area contributed by atoms with Crippen LogP contribution in [0.2, 0.25) is 0 Å². The number of benzene rings is 1. The van der Waals surface area contributed by atoms with E-state index in [1.54, 1.807) is 6.20 Å². The summed E-state index contributed by atoms with van der Waals surface area (Å²) in [6.45, 7) is 1.43. The zero-order valence-corrected chi connectivity index (χ0v) is 18.0. The van der Waals surface area contributed by atoms with E-state index in [9.17, 15) is 26.0 Å². The molecule has 2 N–H and O–H groups in total. The number of rotatable bonds is 6. The van der Waals surface area contributed by atoms with E-state index in [4.69, 9.17) is 4.74 Å². The molecule has 2 atom stereocenters. The van der Waals surface area contributed by atoms with Gasteiger partial charge >= 0.3 is 0 Å². The fraction of sp³-hybridized carbons (Fsp3) is 0.350. The largest absolute Gasteiger partial charge is 0.486 e. The van der Waals surface area contributed by atoms with Crippen molar-refractivity contribution >= 4 is 15.8 Å². The first-order valence-corrected chi connectivity index (χ1v) is 11.3. The molecule has 176 valence electrons. The van der Waals surface area contributed by atoms with Crippen LogP contribution in [0, 0.1) is 11.6 Å². The van der Waals surface area contributed by atoms with Gasteiger partial charge in [0.25, 0.3) is 15.9 Å². The third-order valence-electron chi connectivity index (χ3n) is 5.48. The number of sulfonamides is 1. The van der Waals surface area contributed by atoms with Crippen molar-refractivity contribution in [3.05, 3.63) is 60.3 Å². The zero-order valence-electron chi connectivity index (χ0n) is 17.2. The molecule has 0 amide bonds. The van der Waals surface area contributed by atoms with Gasteiger partial charge in [-0.1, -0.05) is 0 Å². The summed E-state index contributed by atoms with van der Waals surface area (Å²) in [6, 6.07) is 2.51. The molecule has 0 aliphatic heterocycles. The van der Waals surface area contributed by atoms with Crippen LogP contribution in [0.1, 0.15) is 37.7 Å². The molecule has 0 unspecified atom stereocenters. The predicted octanol–water partition coefficient (Wildman–Crippen LogP) is 4.02. The third-order valence-corrected chi connectivity index (χ3v) is 6.89. The van der Waals surface area contributed by atoms with Crippen LogP contribution in [0.5, 0.6) is 5.75 Å². The summed E-state index contributed by atoms with van der Waals surface area (Å²) in [5.74, 6) is -7.08. The van der Waals surface area contributed by atoms with Crippen molar-refractivity contribution < 1.29 is 30.7 Å². The number of aromatic amines is 1. The SMILES string of the molecule is C[C@@]1(Oc2cc(F)c(S(=O)(=O)Nc3ccncn3)c(F)c2)CC(F)(F)CC[C@@H]1c1cn[nH]c1. The lowest BCUT2D eigenvalue weighted by molar-refractivity contribution is -0.116. The summed E-state index contributed by atoms with van der Waals surface area (Å²) in [7, 11) is -4.68. The van der Waals surface area contributed by atoms with Crippen LogP contribution in [0.25, 0.3) is 0 Å². The van der Waals surface area contributed by atoms with Crippen LogP contribution in [0.15, 0.2) is 48.0 Å². The molecular weight excluding hydrogens is 466 g/mol. The molecule has 0 saturated heterocycles. The average molecular weight is 485 g/mol. The van der Waals surface area contributed by atoms with Crippen LogP contribution in [-0.4, -0.2) is 40.1 Å². The lowest BCUT2D eigenvalue weighted by atomic mass is 9.72. The molecule has 1 aliphatic carbocycles. The van der Waals surface area contributed by atoms with Crippen molar-refractivity contribution in [3.8, 4) is 5.75 Å². The van der Waals surface area contributed by atoms with Gasteiger partial charge in [-0.15, -0.1) is 0 Å². The molecule has 1 saturated carbocycles. The highest BCUT2D eigenvalue weighted by molar-refractivity contribution is 7.92. The van der Waals surface area contributed by atoms with Crippen molar-refractivity contribution in [1.82, 2.24) is 20.2 Å². The second-order valence-electron chi connectivity index (χ2n) is 7.99. The van der Waals surface area contributed by atoms with E-state index < -0.39 is 56.2 Å². The minimum atomic E-state index is -4.68. The number of alkyl halides is 2. The minimum absolute atomic E-state index is 0.0588. The van der Waals surface area contributed by atoms with Gasteiger partial charge in [0, 0.05) is 36.9 Å². The Kier molecular flexibility index (Phi) is 5.76. The van der Waals surface area contributed by atoms with E-state index in [1.807, 2.05) is 4.72 Å².